The van der Waals surface area contributed by atoms with E-state index in [1.54, 1.807) is 0 Å². The normalized spacial score (nSPS) is 21.8. The number of aryl methyl sites for hydroxylation is 1. The molecule has 0 radical (unpaired) electrons. The number of hydrogen-bond donors (Lipinski definition) is 1. The fourth-order valence-corrected chi connectivity index (χ4v) is 5.22. The van der Waals surface area contributed by atoms with Crippen molar-refractivity contribution >= 4 is 28.3 Å². The van der Waals surface area contributed by atoms with Crippen molar-refractivity contribution in [1.82, 2.24) is 24.1 Å². The summed E-state index contributed by atoms with van der Waals surface area (Å²) in [4.78, 5) is 16.5. The fourth-order valence-electron chi connectivity index (χ4n) is 4.51. The molecule has 4 heterocycles. The average Bonchev–Trinajstić information content (AvgIpc) is 3.46. The van der Waals surface area contributed by atoms with E-state index in [0.29, 0.717) is 18.3 Å². The van der Waals surface area contributed by atoms with Gasteiger partial charge < -0.3 is 15.1 Å². The Labute approximate surface area is 181 Å². The summed E-state index contributed by atoms with van der Waals surface area (Å²) < 4.78 is 4.55. The summed E-state index contributed by atoms with van der Waals surface area (Å²) in [6, 6.07) is 4.56. The van der Waals surface area contributed by atoms with E-state index in [0.717, 1.165) is 55.7 Å². The van der Waals surface area contributed by atoms with Gasteiger partial charge in [0.25, 0.3) is 0 Å². The fraction of sp³-hybridized carbons (Fsp3) is 0.619. The minimum Gasteiger partial charge on any atom is -0.352 e. The predicted octanol–water partition coefficient (Wildman–Crippen LogP) is 2.58. The van der Waals surface area contributed by atoms with Crippen molar-refractivity contribution < 1.29 is 0 Å². The topological polar surface area (TPSA) is 84.2 Å². The molecule has 9 heteroatoms. The van der Waals surface area contributed by atoms with Gasteiger partial charge in [0, 0.05) is 56.9 Å². The summed E-state index contributed by atoms with van der Waals surface area (Å²) >= 11 is 1.47. The Morgan fingerprint density at radius 2 is 2.03 bits per heavy atom. The van der Waals surface area contributed by atoms with Gasteiger partial charge in [-0.1, -0.05) is 0 Å². The summed E-state index contributed by atoms with van der Waals surface area (Å²) in [5.74, 6) is 2.22. The molecule has 158 valence electrons. The van der Waals surface area contributed by atoms with Crippen molar-refractivity contribution in [2.24, 2.45) is 0 Å². The van der Waals surface area contributed by atoms with Gasteiger partial charge in [-0.3, -0.25) is 4.90 Å². The zero-order chi connectivity index (χ0) is 20.7. The molecule has 8 nitrogen and oxygen atoms in total. The first-order chi connectivity index (χ1) is 14.6. The van der Waals surface area contributed by atoms with Gasteiger partial charge in [0.2, 0.25) is 5.95 Å². The SMILES string of the molecule is Cc1cnc(Nc2cc(C3CC3)ns2)nc1N1CC(CC#N)(N2CCN(C)CC2)C1. The van der Waals surface area contributed by atoms with Crippen LogP contribution in [0.4, 0.5) is 16.8 Å². The Kier molecular flexibility index (Phi) is 5.09. The van der Waals surface area contributed by atoms with E-state index in [4.69, 9.17) is 4.98 Å². The van der Waals surface area contributed by atoms with E-state index in [1.165, 1.54) is 30.1 Å². The smallest absolute Gasteiger partial charge is 0.229 e. The number of nitrogens with one attached hydrogen (secondary N) is 1. The first-order valence-electron chi connectivity index (χ1n) is 10.7. The zero-order valence-corrected chi connectivity index (χ0v) is 18.5. The molecule has 3 fully saturated rings. The van der Waals surface area contributed by atoms with Gasteiger partial charge in [0.05, 0.1) is 23.7 Å². The zero-order valence-electron chi connectivity index (χ0n) is 17.6. The van der Waals surface area contributed by atoms with Gasteiger partial charge in [0.1, 0.15) is 10.8 Å². The second-order valence-corrected chi connectivity index (χ2v) is 9.73. The Morgan fingerprint density at radius 1 is 1.27 bits per heavy atom. The average molecular weight is 425 g/mol. The van der Waals surface area contributed by atoms with E-state index < -0.39 is 0 Å². The molecular weight excluding hydrogens is 396 g/mol. The third kappa shape index (κ3) is 3.75. The summed E-state index contributed by atoms with van der Waals surface area (Å²) in [5.41, 5.74) is 2.19. The predicted molar refractivity (Wildman–Crippen MR) is 118 cm³/mol. The molecule has 1 saturated carbocycles. The lowest BCUT2D eigenvalue weighted by Crippen LogP contribution is -2.72. The lowest BCUT2D eigenvalue weighted by atomic mass is 9.84. The molecule has 30 heavy (non-hydrogen) atoms. The van der Waals surface area contributed by atoms with Crippen LogP contribution in [0, 0.1) is 18.3 Å². The van der Waals surface area contributed by atoms with Crippen LogP contribution in [-0.2, 0) is 0 Å². The number of piperazine rings is 1. The maximum atomic E-state index is 9.47. The summed E-state index contributed by atoms with van der Waals surface area (Å²) in [6.45, 7) is 7.91. The Balaban J connectivity index is 1.29. The van der Waals surface area contributed by atoms with E-state index in [9.17, 15) is 5.26 Å². The molecule has 5 rings (SSSR count). The van der Waals surface area contributed by atoms with Crippen molar-refractivity contribution in [2.45, 2.75) is 37.6 Å². The van der Waals surface area contributed by atoms with Crippen LogP contribution in [0.5, 0.6) is 0 Å². The van der Waals surface area contributed by atoms with E-state index in [2.05, 4.69) is 55.5 Å². The maximum absolute atomic E-state index is 9.47. The highest BCUT2D eigenvalue weighted by atomic mass is 32.1. The summed E-state index contributed by atoms with van der Waals surface area (Å²) in [5, 5.41) is 13.8. The highest BCUT2D eigenvalue weighted by Gasteiger charge is 2.48. The van der Waals surface area contributed by atoms with Gasteiger partial charge in [-0.15, -0.1) is 0 Å². The number of nitrogens with zero attached hydrogens (tertiary/aromatic N) is 7. The highest BCUT2D eigenvalue weighted by molar-refractivity contribution is 7.10. The lowest BCUT2D eigenvalue weighted by molar-refractivity contribution is 0.0218. The summed E-state index contributed by atoms with van der Waals surface area (Å²) in [7, 11) is 2.16. The number of anilines is 3. The number of hydrogen-bond acceptors (Lipinski definition) is 9. The minimum atomic E-state index is -0.0577. The maximum Gasteiger partial charge on any atom is 0.229 e. The quantitative estimate of drug-likeness (QED) is 0.758. The van der Waals surface area contributed by atoms with Gasteiger partial charge in [0.15, 0.2) is 0 Å². The second kappa shape index (κ2) is 7.76. The van der Waals surface area contributed by atoms with Gasteiger partial charge in [-0.05, 0) is 44.4 Å². The minimum absolute atomic E-state index is 0.0577. The molecular formula is C21H28N8S. The van der Waals surface area contributed by atoms with Crippen LogP contribution in [0.25, 0.3) is 0 Å². The third-order valence-electron chi connectivity index (χ3n) is 6.56. The van der Waals surface area contributed by atoms with Crippen LogP contribution in [0.3, 0.4) is 0 Å². The second-order valence-electron chi connectivity index (χ2n) is 8.92. The summed E-state index contributed by atoms with van der Waals surface area (Å²) in [6.07, 6.45) is 4.95. The van der Waals surface area contributed by atoms with Gasteiger partial charge in [-0.2, -0.15) is 14.6 Å². The molecule has 2 aliphatic heterocycles. The molecule has 0 aromatic carbocycles. The Morgan fingerprint density at radius 3 is 2.73 bits per heavy atom. The molecule has 2 aromatic rings. The van der Waals surface area contributed by atoms with Gasteiger partial charge >= 0.3 is 0 Å². The lowest BCUT2D eigenvalue weighted by Gasteiger charge is -2.57. The number of rotatable bonds is 6. The van der Waals surface area contributed by atoms with Crippen LogP contribution >= 0.6 is 11.5 Å². The first-order valence-corrected chi connectivity index (χ1v) is 11.5. The highest BCUT2D eigenvalue weighted by Crippen LogP contribution is 2.41. The Hall–Kier alpha value is -2.28. The number of likely N-dealkylation sites (N-methyl/N-ethyl adjacent to an activating group) is 1. The molecule has 3 aliphatic rings. The van der Waals surface area contributed by atoms with Crippen LogP contribution < -0.4 is 10.2 Å². The van der Waals surface area contributed by atoms with Crippen LogP contribution in [0.2, 0.25) is 0 Å². The van der Waals surface area contributed by atoms with E-state index >= 15 is 0 Å². The van der Waals surface area contributed by atoms with Crippen molar-refractivity contribution in [2.75, 3.05) is 56.5 Å². The molecule has 0 unspecified atom stereocenters. The molecule has 0 amide bonds. The standard InChI is InChI=1S/C21H28N8S/c1-15-12-23-20(24-18-11-17(26-30-18)16-3-4-16)25-19(15)28-13-21(14-28,5-6-22)29-9-7-27(2)8-10-29/h11-12,16H,3-5,7-10,13-14H2,1-2H3,(H,23,24,25). The van der Waals surface area contributed by atoms with Crippen molar-refractivity contribution in [3.63, 3.8) is 0 Å². The molecule has 1 N–H and O–H groups in total. The van der Waals surface area contributed by atoms with Crippen molar-refractivity contribution in [1.29, 1.82) is 5.26 Å². The first kappa shape index (κ1) is 19.7. The van der Waals surface area contributed by atoms with Crippen molar-refractivity contribution in [3.8, 4) is 6.07 Å². The van der Waals surface area contributed by atoms with E-state index in [1.807, 2.05) is 6.20 Å². The van der Waals surface area contributed by atoms with Crippen molar-refractivity contribution in [3.05, 3.63) is 23.5 Å². The molecule has 2 saturated heterocycles. The molecule has 0 bridgehead atoms. The van der Waals surface area contributed by atoms with Gasteiger partial charge in [-0.25, -0.2) is 4.98 Å². The number of aromatic nitrogens is 3. The molecule has 0 spiro atoms. The largest absolute Gasteiger partial charge is 0.352 e. The van der Waals surface area contributed by atoms with Crippen LogP contribution in [0.15, 0.2) is 12.3 Å². The third-order valence-corrected chi connectivity index (χ3v) is 7.27. The molecule has 1 aliphatic carbocycles. The molecule has 0 atom stereocenters. The van der Waals surface area contributed by atoms with E-state index in [-0.39, 0.29) is 5.54 Å². The number of nitriles is 1. The monoisotopic (exact) mass is 424 g/mol. The molecule has 2 aromatic heterocycles. The Bertz CT molecular complexity index is 948. The van der Waals surface area contributed by atoms with Crippen LogP contribution in [-0.4, -0.2) is 76.0 Å². The van der Waals surface area contributed by atoms with Crippen LogP contribution in [0.1, 0.15) is 36.4 Å².